The standard InChI is InChI=1S/C27H48N2O3/c1-19(18-28-32-15-14-29(4)5)16-21-8-13-27(31)24-7-6-20-17-22(30)9-11-25(20,2)23(24)10-12-26(21,27)3/h16,20-24,28,30-31H,6-15,17-18H2,1-5H3/t20?,21?,22?,23-,24-,25+,26-,27-/m1/s1. The average Bonchev–Trinajstić information content (AvgIpc) is 2.99. The SMILES string of the molecule is CC(=CC1CC[C@@]2(O)[C@@H]3CCC4CC(O)CC[C@]4(C)[C@@H]3CC[C@]12C)CNOCCN(C)C. The van der Waals surface area contributed by atoms with Gasteiger partial charge in [0.25, 0.3) is 0 Å². The second-order valence-corrected chi connectivity index (χ2v) is 12.4. The van der Waals surface area contributed by atoms with E-state index in [1.807, 2.05) is 0 Å². The Morgan fingerprint density at radius 1 is 1.06 bits per heavy atom. The number of nitrogens with one attached hydrogen (secondary N) is 1. The maximum absolute atomic E-state index is 12.3. The summed E-state index contributed by atoms with van der Waals surface area (Å²) in [5, 5.41) is 22.5. The molecule has 4 fully saturated rings. The molecule has 0 radical (unpaired) electrons. The molecule has 0 heterocycles. The first-order valence-corrected chi connectivity index (χ1v) is 13.2. The summed E-state index contributed by atoms with van der Waals surface area (Å²) in [6, 6.07) is 0. The fourth-order valence-corrected chi connectivity index (χ4v) is 8.38. The van der Waals surface area contributed by atoms with Crippen LogP contribution in [0.25, 0.3) is 0 Å². The molecule has 8 atom stereocenters. The summed E-state index contributed by atoms with van der Waals surface area (Å²) >= 11 is 0. The molecule has 3 unspecified atom stereocenters. The van der Waals surface area contributed by atoms with Crippen LogP contribution in [-0.4, -0.2) is 60.6 Å². The number of hydrogen-bond donors (Lipinski definition) is 3. The van der Waals surface area contributed by atoms with Gasteiger partial charge >= 0.3 is 0 Å². The van der Waals surface area contributed by atoms with Gasteiger partial charge in [0.1, 0.15) is 0 Å². The maximum Gasteiger partial charge on any atom is 0.0809 e. The van der Waals surface area contributed by atoms with Crippen LogP contribution in [0.2, 0.25) is 0 Å². The number of aliphatic hydroxyl groups excluding tert-OH is 1. The van der Waals surface area contributed by atoms with Crippen LogP contribution in [0, 0.1) is 34.5 Å². The molecule has 184 valence electrons. The topological polar surface area (TPSA) is 65.0 Å². The minimum absolute atomic E-state index is 0.0292. The van der Waals surface area contributed by atoms with Crippen LogP contribution in [0.1, 0.15) is 78.6 Å². The number of allylic oxidation sites excluding steroid dienone is 1. The van der Waals surface area contributed by atoms with Gasteiger partial charge in [0.15, 0.2) is 0 Å². The second kappa shape index (κ2) is 9.30. The van der Waals surface area contributed by atoms with Crippen molar-refractivity contribution < 1.29 is 15.1 Å². The lowest BCUT2D eigenvalue weighted by molar-refractivity contribution is -0.207. The number of fused-ring (bicyclic) bond motifs is 5. The number of hydrogen-bond acceptors (Lipinski definition) is 5. The van der Waals surface area contributed by atoms with Crippen molar-refractivity contribution in [1.29, 1.82) is 0 Å². The summed E-state index contributed by atoms with van der Waals surface area (Å²) in [6.07, 6.45) is 12.1. The lowest BCUT2D eigenvalue weighted by atomic mass is 9.43. The highest BCUT2D eigenvalue weighted by Gasteiger charge is 2.66. The summed E-state index contributed by atoms with van der Waals surface area (Å²) < 4.78 is 0. The van der Waals surface area contributed by atoms with Gasteiger partial charge in [-0.1, -0.05) is 25.5 Å². The second-order valence-electron chi connectivity index (χ2n) is 12.4. The number of rotatable bonds is 7. The van der Waals surface area contributed by atoms with E-state index < -0.39 is 5.60 Å². The molecule has 4 rings (SSSR count). The van der Waals surface area contributed by atoms with Crippen molar-refractivity contribution in [1.82, 2.24) is 10.4 Å². The number of aliphatic hydroxyl groups is 2. The van der Waals surface area contributed by atoms with Crippen molar-refractivity contribution in [3.05, 3.63) is 11.6 Å². The largest absolute Gasteiger partial charge is 0.393 e. The van der Waals surface area contributed by atoms with Crippen molar-refractivity contribution in [2.75, 3.05) is 33.8 Å². The number of nitrogens with zero attached hydrogens (tertiary/aromatic N) is 1. The van der Waals surface area contributed by atoms with Crippen LogP contribution in [0.4, 0.5) is 0 Å². The van der Waals surface area contributed by atoms with Crippen LogP contribution in [0.5, 0.6) is 0 Å². The van der Waals surface area contributed by atoms with E-state index in [9.17, 15) is 10.2 Å². The molecule has 0 saturated heterocycles. The van der Waals surface area contributed by atoms with E-state index in [-0.39, 0.29) is 11.5 Å². The first-order chi connectivity index (χ1) is 15.1. The molecule has 5 heteroatoms. The van der Waals surface area contributed by atoms with Gasteiger partial charge in [-0.15, -0.1) is 0 Å². The highest BCUT2D eigenvalue weighted by atomic mass is 16.6. The van der Waals surface area contributed by atoms with Gasteiger partial charge in [0, 0.05) is 18.5 Å². The zero-order chi connectivity index (χ0) is 23.1. The third kappa shape index (κ3) is 4.22. The Bertz CT molecular complexity index is 696. The van der Waals surface area contributed by atoms with Crippen molar-refractivity contribution in [3.8, 4) is 0 Å². The minimum atomic E-state index is -0.545. The molecule has 0 aromatic heterocycles. The van der Waals surface area contributed by atoms with Gasteiger partial charge in [0.05, 0.1) is 18.3 Å². The van der Waals surface area contributed by atoms with Crippen molar-refractivity contribution in [2.45, 2.75) is 90.3 Å². The fourth-order valence-electron chi connectivity index (χ4n) is 8.38. The third-order valence-electron chi connectivity index (χ3n) is 10.5. The van der Waals surface area contributed by atoms with E-state index in [1.54, 1.807) is 0 Å². The third-order valence-corrected chi connectivity index (χ3v) is 10.5. The molecule has 0 amide bonds. The van der Waals surface area contributed by atoms with Crippen molar-refractivity contribution in [3.63, 3.8) is 0 Å². The number of hydroxylamine groups is 1. The summed E-state index contributed by atoms with van der Waals surface area (Å²) in [5.74, 6) is 2.11. The Balaban J connectivity index is 1.43. The van der Waals surface area contributed by atoms with Crippen LogP contribution in [0.3, 0.4) is 0 Å². The van der Waals surface area contributed by atoms with Gasteiger partial charge in [0.2, 0.25) is 0 Å². The summed E-state index contributed by atoms with van der Waals surface area (Å²) in [7, 11) is 4.10. The highest BCUT2D eigenvalue weighted by Crippen LogP contribution is 2.69. The minimum Gasteiger partial charge on any atom is -0.393 e. The van der Waals surface area contributed by atoms with E-state index >= 15 is 0 Å². The summed E-state index contributed by atoms with van der Waals surface area (Å²) in [6.45, 7) is 9.39. The normalized spacial score (nSPS) is 46.6. The molecule has 0 aliphatic heterocycles. The molecule has 4 aliphatic carbocycles. The predicted molar refractivity (Wildman–Crippen MR) is 129 cm³/mol. The lowest BCUT2D eigenvalue weighted by Gasteiger charge is -2.63. The molecule has 5 nitrogen and oxygen atoms in total. The van der Waals surface area contributed by atoms with E-state index in [0.29, 0.717) is 35.7 Å². The Morgan fingerprint density at radius 3 is 2.59 bits per heavy atom. The van der Waals surface area contributed by atoms with Crippen LogP contribution in [-0.2, 0) is 4.84 Å². The molecule has 3 N–H and O–H groups in total. The van der Waals surface area contributed by atoms with Gasteiger partial charge in [-0.05, 0) is 108 Å². The zero-order valence-corrected chi connectivity index (χ0v) is 21.2. The average molecular weight is 449 g/mol. The molecule has 4 saturated carbocycles. The molecular weight excluding hydrogens is 400 g/mol. The predicted octanol–water partition coefficient (Wildman–Crippen LogP) is 4.15. The molecule has 0 spiro atoms. The Hall–Kier alpha value is -0.460. The van der Waals surface area contributed by atoms with Crippen LogP contribution >= 0.6 is 0 Å². The molecule has 0 aromatic carbocycles. The van der Waals surface area contributed by atoms with E-state index in [0.717, 1.165) is 58.0 Å². The van der Waals surface area contributed by atoms with Crippen molar-refractivity contribution in [2.24, 2.45) is 34.5 Å². The first-order valence-electron chi connectivity index (χ1n) is 13.2. The van der Waals surface area contributed by atoms with Crippen molar-refractivity contribution >= 4 is 0 Å². The Kier molecular flexibility index (Phi) is 7.16. The van der Waals surface area contributed by atoms with E-state index in [4.69, 9.17) is 4.84 Å². The number of likely N-dealkylation sites (N-methyl/N-ethyl adjacent to an activating group) is 1. The van der Waals surface area contributed by atoms with Gasteiger partial charge < -0.3 is 20.0 Å². The Labute approximate surface area is 195 Å². The summed E-state index contributed by atoms with van der Waals surface area (Å²) in [4.78, 5) is 7.69. The Morgan fingerprint density at radius 2 is 1.84 bits per heavy atom. The lowest BCUT2D eigenvalue weighted by Crippen LogP contribution is -2.62. The van der Waals surface area contributed by atoms with Crippen LogP contribution in [0.15, 0.2) is 11.6 Å². The molecule has 0 bridgehead atoms. The van der Waals surface area contributed by atoms with Crippen LogP contribution < -0.4 is 5.48 Å². The van der Waals surface area contributed by atoms with Gasteiger partial charge in [-0.25, -0.2) is 0 Å². The summed E-state index contributed by atoms with van der Waals surface area (Å²) in [5.41, 5.74) is 4.15. The molecule has 32 heavy (non-hydrogen) atoms. The van der Waals surface area contributed by atoms with Gasteiger partial charge in [-0.3, -0.25) is 0 Å². The molecule has 0 aromatic rings. The monoisotopic (exact) mass is 448 g/mol. The quantitative estimate of drug-likeness (QED) is 0.310. The smallest absolute Gasteiger partial charge is 0.0809 e. The van der Waals surface area contributed by atoms with E-state index in [2.05, 4.69) is 51.3 Å². The first kappa shape index (κ1) is 24.7. The van der Waals surface area contributed by atoms with E-state index in [1.165, 1.54) is 18.4 Å². The van der Waals surface area contributed by atoms with Gasteiger partial charge in [-0.2, -0.15) is 5.48 Å². The highest BCUT2D eigenvalue weighted by molar-refractivity contribution is 5.21. The maximum atomic E-state index is 12.3. The molecule has 4 aliphatic rings. The fraction of sp³-hybridized carbons (Fsp3) is 0.926. The zero-order valence-electron chi connectivity index (χ0n) is 21.2. The molecular formula is C27H48N2O3.